The normalized spacial score (nSPS) is 17.7. The maximum Gasteiger partial charge on any atom is 0.238 e. The van der Waals surface area contributed by atoms with E-state index in [9.17, 15) is 8.22 Å². The first-order valence-corrected chi connectivity index (χ1v) is 16.1. The minimum absolute atomic E-state index is 0.00891. The molecule has 238 valence electrons. The van der Waals surface area contributed by atoms with Crippen LogP contribution in [0.2, 0.25) is 0 Å². The predicted molar refractivity (Wildman–Crippen MR) is 211 cm³/mol. The summed E-state index contributed by atoms with van der Waals surface area (Å²) in [5, 5.41) is -1.10. The minimum Gasteiger partial charge on any atom is -0.456 e. The Morgan fingerprint density at radius 3 is 2.18 bits per heavy atom. The van der Waals surface area contributed by atoms with Gasteiger partial charge in [0, 0.05) is 48.1 Å². The summed E-state index contributed by atoms with van der Waals surface area (Å²) in [5.41, 5.74) is -2.06. The van der Waals surface area contributed by atoms with E-state index in [1.165, 1.54) is 0 Å². The van der Waals surface area contributed by atoms with Gasteiger partial charge < -0.3 is 4.42 Å². The van der Waals surface area contributed by atoms with E-state index in [1.54, 1.807) is 30.3 Å². The first-order chi connectivity index (χ1) is 34.0. The van der Waals surface area contributed by atoms with E-state index < -0.39 is 167 Å². The number of fused-ring (bicyclic) bond motifs is 10. The molecule has 0 unspecified atom stereocenters. The van der Waals surface area contributed by atoms with Crippen LogP contribution >= 0.6 is 11.3 Å². The molecule has 0 radical (unpaired) electrons. The molecule has 0 saturated heterocycles. The van der Waals surface area contributed by atoms with Crippen molar-refractivity contribution in [1.29, 1.82) is 0 Å². The van der Waals surface area contributed by atoms with Crippen LogP contribution in [0.15, 0.2) is 162 Å². The van der Waals surface area contributed by atoms with Crippen molar-refractivity contribution < 1.29 is 33.2 Å². The van der Waals surface area contributed by atoms with E-state index in [-0.39, 0.29) is 58.4 Å². The van der Waals surface area contributed by atoms with Crippen LogP contribution in [-0.2, 0) is 0 Å². The first kappa shape index (κ1) is 14.7. The van der Waals surface area contributed by atoms with Crippen molar-refractivity contribution in [1.82, 2.24) is 19.5 Å². The Hall–Kier alpha value is -6.63. The fraction of sp³-hybridized carbons (Fsp3) is 0. The fourth-order valence-corrected chi connectivity index (χ4v) is 7.30. The average molecular weight is 692 g/mol. The van der Waals surface area contributed by atoms with Gasteiger partial charge in [0.05, 0.1) is 44.5 Å². The number of furan rings is 1. The zero-order valence-electron chi connectivity index (χ0n) is 46.5. The van der Waals surface area contributed by atoms with Gasteiger partial charge in [0.2, 0.25) is 5.95 Å². The average Bonchev–Trinajstić information content (AvgIpc) is 4.08. The second-order valence-corrected chi connectivity index (χ2v) is 12.2. The summed E-state index contributed by atoms with van der Waals surface area (Å²) in [6, 6.07) is -5.73. The Bertz CT molecular complexity index is 4330. The van der Waals surface area contributed by atoms with Gasteiger partial charge in [-0.1, -0.05) is 127 Å². The molecule has 0 aliphatic heterocycles. The van der Waals surface area contributed by atoms with E-state index in [0.717, 1.165) is 15.9 Å². The van der Waals surface area contributed by atoms with Crippen LogP contribution in [-0.4, -0.2) is 19.5 Å². The van der Waals surface area contributed by atoms with Gasteiger partial charge in [-0.15, -0.1) is 11.3 Å². The number of aromatic nitrogens is 4. The molecule has 0 N–H and O–H groups in total. The smallest absolute Gasteiger partial charge is 0.238 e. The van der Waals surface area contributed by atoms with E-state index in [2.05, 4.69) is 15.0 Å². The van der Waals surface area contributed by atoms with E-state index in [1.807, 2.05) is 0 Å². The van der Waals surface area contributed by atoms with Crippen molar-refractivity contribution in [2.24, 2.45) is 0 Å². The predicted octanol–water partition coefficient (Wildman–Crippen LogP) is 12.2. The number of rotatable bonds is 4. The molecule has 5 nitrogen and oxygen atoms in total. The molecule has 6 heteroatoms. The van der Waals surface area contributed by atoms with Gasteiger partial charge in [0.1, 0.15) is 11.2 Å². The second kappa shape index (κ2) is 10.9. The topological polar surface area (TPSA) is 56.7 Å². The number of thiophene rings is 1. The summed E-state index contributed by atoms with van der Waals surface area (Å²) in [7, 11) is 0. The Kier molecular flexibility index (Phi) is 3.15. The lowest BCUT2D eigenvalue weighted by atomic mass is 9.99. The molecule has 0 aliphatic carbocycles. The summed E-state index contributed by atoms with van der Waals surface area (Å²) >= 11 is 0.754. The van der Waals surface area contributed by atoms with Crippen molar-refractivity contribution in [2.75, 3.05) is 0 Å². The van der Waals surface area contributed by atoms with Crippen molar-refractivity contribution in [3.8, 4) is 39.9 Å². The largest absolute Gasteiger partial charge is 0.456 e. The molecule has 0 atom stereocenters. The summed E-state index contributed by atoms with van der Waals surface area (Å²) in [4.78, 5) is 13.7. The molecule has 0 saturated carbocycles. The molecular formula is C45H26N4OS. The van der Waals surface area contributed by atoms with Crippen LogP contribution in [0.5, 0.6) is 0 Å². The van der Waals surface area contributed by atoms with Crippen LogP contribution < -0.4 is 0 Å². The molecule has 0 spiro atoms. The van der Waals surface area contributed by atoms with Crippen LogP contribution in [0.25, 0.3) is 104 Å². The standard InChI is InChI=1S/C45H26N4OS/c1-3-12-27(13-4-1)30-18-11-20-37-40(30)35-23-22-29(26-38(35)50-37)44-46-43(28-14-5-2-6-15-28)47-45(48-44)49-36-19-9-7-16-31(36)33-24-25-34-32-17-8-10-21-39(32)51-42(34)41(33)49/h1-26H/i2D,5D,6D,7D,8D,9D,10D,11D,14D,15D,16D,17D,18D,19D,20D,21D,22D,23D,24D,25D,26D. The molecule has 11 aromatic rings. The molecule has 0 bridgehead atoms. The lowest BCUT2D eigenvalue weighted by Crippen LogP contribution is -2.06. The Morgan fingerprint density at radius 2 is 1.29 bits per heavy atom. The third-order valence-electron chi connectivity index (χ3n) is 8.37. The Balaban J connectivity index is 1.36. The Labute approximate surface area is 325 Å². The third-order valence-corrected chi connectivity index (χ3v) is 9.48. The zero-order chi connectivity index (χ0) is 51.7. The molecule has 0 fully saturated rings. The molecule has 0 amide bonds. The maximum atomic E-state index is 9.64. The van der Waals surface area contributed by atoms with E-state index in [0.29, 0.717) is 5.56 Å². The quantitative estimate of drug-likeness (QED) is 0.184. The summed E-state index contributed by atoms with van der Waals surface area (Å²) in [6.07, 6.45) is 0. The van der Waals surface area contributed by atoms with Crippen molar-refractivity contribution in [2.45, 2.75) is 0 Å². The van der Waals surface area contributed by atoms with Crippen molar-refractivity contribution in [3.63, 3.8) is 0 Å². The van der Waals surface area contributed by atoms with Gasteiger partial charge >= 0.3 is 0 Å². The van der Waals surface area contributed by atoms with Gasteiger partial charge in [-0.25, -0.2) is 4.98 Å². The van der Waals surface area contributed by atoms with E-state index >= 15 is 0 Å². The van der Waals surface area contributed by atoms with Crippen molar-refractivity contribution in [3.05, 3.63) is 157 Å². The highest BCUT2D eigenvalue weighted by atomic mass is 32.1. The number of para-hydroxylation sites is 1. The summed E-state index contributed by atoms with van der Waals surface area (Å²) < 4.78 is 194. The Morgan fingerprint density at radius 1 is 0.549 bits per heavy atom. The third kappa shape index (κ3) is 4.30. The number of hydrogen-bond donors (Lipinski definition) is 0. The van der Waals surface area contributed by atoms with Gasteiger partial charge in [-0.3, -0.25) is 4.57 Å². The van der Waals surface area contributed by atoms with Crippen LogP contribution in [0.4, 0.5) is 0 Å². The molecule has 11 rings (SSSR count). The molecule has 4 heterocycles. The molecule has 7 aromatic carbocycles. The highest BCUT2D eigenvalue weighted by Gasteiger charge is 2.22. The SMILES string of the molecule is [2H]c1c([2H])c([2H])c(-c2nc(-c3c([2H])c([2H])c4c(oc5c([2H])c([2H])c([2H])c(-c6ccccc6)c54)c3[2H])nc(-n3c4c([2H])c([2H])c([2H])c([2H])c4c4c([2H])c([2H])c5c(sc6c([2H])c([2H])c([2H])c([2H])c65)c43)n2)c([2H])c1[2H]. The molecular weight excluding hydrogens is 645 g/mol. The summed E-state index contributed by atoms with van der Waals surface area (Å²) in [5.74, 6) is -2.06. The highest BCUT2D eigenvalue weighted by Crippen LogP contribution is 2.43. The van der Waals surface area contributed by atoms with Crippen LogP contribution in [0.3, 0.4) is 0 Å². The molecule has 0 aliphatic rings. The zero-order valence-corrected chi connectivity index (χ0v) is 26.3. The number of nitrogens with zero attached hydrogens (tertiary/aromatic N) is 4. The number of benzene rings is 7. The first-order valence-electron chi connectivity index (χ1n) is 25.7. The van der Waals surface area contributed by atoms with Gasteiger partial charge in [-0.05, 0) is 41.3 Å². The van der Waals surface area contributed by atoms with Gasteiger partial charge in [0.15, 0.2) is 11.6 Å². The minimum atomic E-state index is -0.823. The van der Waals surface area contributed by atoms with Crippen molar-refractivity contribution >= 4 is 75.3 Å². The monoisotopic (exact) mass is 691 g/mol. The molecule has 4 aromatic heterocycles. The maximum absolute atomic E-state index is 9.64. The lowest BCUT2D eigenvalue weighted by molar-refractivity contribution is 0.669. The lowest BCUT2D eigenvalue weighted by Gasteiger charge is -2.11. The molecule has 51 heavy (non-hydrogen) atoms. The van der Waals surface area contributed by atoms with Crippen LogP contribution in [0.1, 0.15) is 28.8 Å². The van der Waals surface area contributed by atoms with Gasteiger partial charge in [-0.2, -0.15) is 9.97 Å². The van der Waals surface area contributed by atoms with E-state index in [4.69, 9.17) is 25.0 Å². The fourth-order valence-electron chi connectivity index (χ4n) is 6.20. The highest BCUT2D eigenvalue weighted by molar-refractivity contribution is 7.26. The number of hydrogen-bond acceptors (Lipinski definition) is 5. The summed E-state index contributed by atoms with van der Waals surface area (Å²) in [6.45, 7) is 0. The van der Waals surface area contributed by atoms with Gasteiger partial charge in [0.25, 0.3) is 0 Å². The second-order valence-electron chi connectivity index (χ2n) is 11.2. The van der Waals surface area contributed by atoms with Crippen LogP contribution in [0, 0.1) is 0 Å².